The minimum Gasteiger partial charge on any atom is -0.480 e. The van der Waals surface area contributed by atoms with Gasteiger partial charge in [-0.1, -0.05) is 19.1 Å². The van der Waals surface area contributed by atoms with Crippen molar-refractivity contribution in [3.63, 3.8) is 0 Å². The van der Waals surface area contributed by atoms with Gasteiger partial charge in [0.1, 0.15) is 0 Å². The fourth-order valence-electron chi connectivity index (χ4n) is 3.16. The van der Waals surface area contributed by atoms with Crippen molar-refractivity contribution in [2.45, 2.75) is 31.8 Å². The minimum absolute atomic E-state index is 0.124. The Morgan fingerprint density at radius 3 is 2.91 bits per heavy atom. The van der Waals surface area contributed by atoms with Crippen LogP contribution in [0.3, 0.4) is 0 Å². The minimum atomic E-state index is -0.756. The van der Waals surface area contributed by atoms with Gasteiger partial charge in [0.25, 0.3) is 0 Å². The number of halogens is 1. The van der Waals surface area contributed by atoms with E-state index in [0.717, 1.165) is 40.4 Å². The highest BCUT2D eigenvalue weighted by Gasteiger charge is 2.33. The molecule has 2 aromatic rings. The highest BCUT2D eigenvalue weighted by molar-refractivity contribution is 9.10. The van der Waals surface area contributed by atoms with Gasteiger partial charge in [-0.25, -0.2) is 0 Å². The highest BCUT2D eigenvalue weighted by atomic mass is 79.9. The van der Waals surface area contributed by atoms with E-state index in [1.165, 1.54) is 0 Å². The first kappa shape index (κ1) is 16.2. The molecule has 0 unspecified atom stereocenters. The second-order valence-electron chi connectivity index (χ2n) is 5.92. The van der Waals surface area contributed by atoms with Gasteiger partial charge in [0.05, 0.1) is 12.1 Å². The number of carboxylic acid groups (broad SMARTS) is 1. The van der Waals surface area contributed by atoms with E-state index in [2.05, 4.69) is 32.3 Å². The summed E-state index contributed by atoms with van der Waals surface area (Å²) in [5.41, 5.74) is 2.04. The van der Waals surface area contributed by atoms with Crippen LogP contribution in [-0.2, 0) is 4.79 Å². The zero-order valence-corrected chi connectivity index (χ0v) is 14.6. The zero-order chi connectivity index (χ0) is 16.4. The van der Waals surface area contributed by atoms with Crippen LogP contribution in [0.25, 0.3) is 10.9 Å². The number of hydrogen-bond acceptors (Lipinski definition) is 4. The average Bonchev–Trinajstić information content (AvgIpc) is 2.49. The Bertz CT molecular complexity index is 716. The van der Waals surface area contributed by atoms with Gasteiger partial charge in [-0.05, 0) is 47.4 Å². The summed E-state index contributed by atoms with van der Waals surface area (Å²) in [6.45, 7) is 2.91. The summed E-state index contributed by atoms with van der Waals surface area (Å²) >= 11 is 3.54. The average molecular weight is 378 g/mol. The lowest BCUT2D eigenvalue weighted by atomic mass is 9.85. The normalized spacial score (nSPS) is 20.5. The van der Waals surface area contributed by atoms with Crippen molar-refractivity contribution in [2.24, 2.45) is 0 Å². The third kappa shape index (κ3) is 3.48. The van der Waals surface area contributed by atoms with Crippen molar-refractivity contribution in [2.75, 3.05) is 18.4 Å². The Labute approximate surface area is 143 Å². The van der Waals surface area contributed by atoms with Crippen molar-refractivity contribution in [1.29, 1.82) is 0 Å². The molecule has 0 saturated heterocycles. The molecule has 1 aliphatic rings. The van der Waals surface area contributed by atoms with Crippen LogP contribution in [0.4, 0.5) is 5.69 Å². The maximum atomic E-state index is 10.9. The molecule has 1 heterocycles. The number of fused-ring (bicyclic) bond motifs is 1. The molecule has 0 bridgehead atoms. The number of aliphatic carboxylic acids is 1. The van der Waals surface area contributed by atoms with E-state index in [-0.39, 0.29) is 6.54 Å². The van der Waals surface area contributed by atoms with Crippen molar-refractivity contribution in [3.8, 4) is 0 Å². The third-order valence-corrected chi connectivity index (χ3v) is 5.10. The van der Waals surface area contributed by atoms with Crippen molar-refractivity contribution < 1.29 is 9.90 Å². The smallest absolute Gasteiger partial charge is 0.317 e. The number of benzene rings is 1. The molecule has 122 valence electrons. The van der Waals surface area contributed by atoms with Crippen molar-refractivity contribution >= 4 is 38.5 Å². The molecule has 1 saturated carbocycles. The molecule has 1 aliphatic carbocycles. The Hall–Kier alpha value is -1.66. The number of carbonyl (C=O) groups is 1. The Morgan fingerprint density at radius 2 is 2.22 bits per heavy atom. The molecule has 2 N–H and O–H groups in total. The van der Waals surface area contributed by atoms with E-state index in [4.69, 9.17) is 5.11 Å². The molecule has 23 heavy (non-hydrogen) atoms. The molecule has 1 fully saturated rings. The van der Waals surface area contributed by atoms with Crippen LogP contribution in [0.5, 0.6) is 0 Å². The molecule has 3 rings (SSSR count). The lowest BCUT2D eigenvalue weighted by Gasteiger charge is -2.42. The molecule has 0 atom stereocenters. The molecular weight excluding hydrogens is 358 g/mol. The number of nitrogens with zero attached hydrogens (tertiary/aromatic N) is 2. The molecule has 5 nitrogen and oxygen atoms in total. The summed E-state index contributed by atoms with van der Waals surface area (Å²) in [5, 5.41) is 13.6. The van der Waals surface area contributed by atoms with Gasteiger partial charge in [-0.2, -0.15) is 0 Å². The molecule has 6 heteroatoms. The second kappa shape index (κ2) is 6.84. The van der Waals surface area contributed by atoms with Crippen molar-refractivity contribution in [1.82, 2.24) is 9.88 Å². The summed E-state index contributed by atoms with van der Waals surface area (Å²) in [5.74, 6) is -0.756. The van der Waals surface area contributed by atoms with Crippen LogP contribution in [-0.4, -0.2) is 46.1 Å². The number of rotatable bonds is 6. The second-order valence-corrected chi connectivity index (χ2v) is 6.77. The van der Waals surface area contributed by atoms with E-state index in [0.29, 0.717) is 12.1 Å². The van der Waals surface area contributed by atoms with E-state index < -0.39 is 5.97 Å². The summed E-state index contributed by atoms with van der Waals surface area (Å²) in [6.07, 6.45) is 3.76. The standard InChI is InChI=1S/C17H20BrN3O2/c1-2-21(10-16(22)23)12-8-11(9-12)20-15-6-7-19-17-13(15)4-3-5-14(17)18/h3-7,11-12H,2,8-10H2,1H3,(H,19,20)(H,22,23). The van der Waals surface area contributed by atoms with E-state index in [1.807, 2.05) is 36.2 Å². The Morgan fingerprint density at radius 1 is 1.43 bits per heavy atom. The fraction of sp³-hybridized carbons (Fsp3) is 0.412. The van der Waals surface area contributed by atoms with Crippen LogP contribution in [0, 0.1) is 0 Å². The number of anilines is 1. The largest absolute Gasteiger partial charge is 0.480 e. The summed E-state index contributed by atoms with van der Waals surface area (Å²) < 4.78 is 0.990. The number of aromatic nitrogens is 1. The number of hydrogen-bond donors (Lipinski definition) is 2. The number of pyridine rings is 1. The SMILES string of the molecule is CCN(CC(=O)O)C1CC(Nc2ccnc3c(Br)cccc23)C1. The Kier molecular flexibility index (Phi) is 4.82. The van der Waals surface area contributed by atoms with E-state index in [1.54, 1.807) is 0 Å². The number of nitrogens with one attached hydrogen (secondary N) is 1. The molecule has 0 aliphatic heterocycles. The maximum absolute atomic E-state index is 10.9. The molecule has 1 aromatic heterocycles. The van der Waals surface area contributed by atoms with Gasteiger partial charge >= 0.3 is 5.97 Å². The van der Waals surface area contributed by atoms with Crippen LogP contribution in [0.1, 0.15) is 19.8 Å². The predicted molar refractivity (Wildman–Crippen MR) is 94.8 cm³/mol. The lowest BCUT2D eigenvalue weighted by Crippen LogP contribution is -2.51. The van der Waals surface area contributed by atoms with E-state index in [9.17, 15) is 4.79 Å². The number of para-hydroxylation sites is 1. The summed E-state index contributed by atoms with van der Waals surface area (Å²) in [7, 11) is 0. The first-order valence-corrected chi connectivity index (χ1v) is 8.63. The highest BCUT2D eigenvalue weighted by Crippen LogP contribution is 2.32. The molecule has 0 spiro atoms. The molecule has 0 radical (unpaired) electrons. The van der Waals surface area contributed by atoms with Crippen LogP contribution in [0.15, 0.2) is 34.9 Å². The van der Waals surface area contributed by atoms with Crippen molar-refractivity contribution in [3.05, 3.63) is 34.9 Å². The van der Waals surface area contributed by atoms with Gasteiger partial charge in [0.2, 0.25) is 0 Å². The number of carboxylic acids is 1. The third-order valence-electron chi connectivity index (χ3n) is 4.46. The first-order chi connectivity index (χ1) is 11.1. The number of likely N-dealkylation sites (N-methyl/N-ethyl adjacent to an activating group) is 1. The van der Waals surface area contributed by atoms with Crippen LogP contribution < -0.4 is 5.32 Å². The monoisotopic (exact) mass is 377 g/mol. The summed E-state index contributed by atoms with van der Waals surface area (Å²) in [6, 6.07) is 8.80. The van der Waals surface area contributed by atoms with Gasteiger partial charge in [-0.3, -0.25) is 14.7 Å². The molecule has 0 amide bonds. The topological polar surface area (TPSA) is 65.5 Å². The molecular formula is C17H20BrN3O2. The fourth-order valence-corrected chi connectivity index (χ4v) is 3.63. The van der Waals surface area contributed by atoms with Gasteiger partial charge in [-0.15, -0.1) is 0 Å². The van der Waals surface area contributed by atoms with Gasteiger partial charge in [0, 0.05) is 33.8 Å². The maximum Gasteiger partial charge on any atom is 0.317 e. The zero-order valence-electron chi connectivity index (χ0n) is 13.0. The predicted octanol–water partition coefficient (Wildman–Crippen LogP) is 3.35. The van der Waals surface area contributed by atoms with Crippen LogP contribution in [0.2, 0.25) is 0 Å². The first-order valence-electron chi connectivity index (χ1n) is 7.84. The quantitative estimate of drug-likeness (QED) is 0.807. The summed E-state index contributed by atoms with van der Waals surface area (Å²) in [4.78, 5) is 17.3. The lowest BCUT2D eigenvalue weighted by molar-refractivity contribution is -0.139. The van der Waals surface area contributed by atoms with Gasteiger partial charge in [0.15, 0.2) is 0 Å². The van der Waals surface area contributed by atoms with E-state index >= 15 is 0 Å². The van der Waals surface area contributed by atoms with Gasteiger partial charge < -0.3 is 10.4 Å². The molecule has 1 aromatic carbocycles. The Balaban J connectivity index is 1.66. The van der Waals surface area contributed by atoms with Crippen LogP contribution >= 0.6 is 15.9 Å².